The molecular formula is C22H24N2O6. The fraction of sp³-hybridized carbons (Fsp3) is 0.364. The number of likely N-dealkylation sites (tertiary alicyclic amines) is 1. The van der Waals surface area contributed by atoms with Crippen molar-refractivity contribution in [2.75, 3.05) is 26.3 Å². The molecule has 1 aliphatic heterocycles. The number of esters is 1. The van der Waals surface area contributed by atoms with Gasteiger partial charge in [0.25, 0.3) is 5.91 Å². The third kappa shape index (κ3) is 5.56. The molecule has 30 heavy (non-hydrogen) atoms. The van der Waals surface area contributed by atoms with Crippen molar-refractivity contribution in [3.63, 3.8) is 0 Å². The summed E-state index contributed by atoms with van der Waals surface area (Å²) in [6.45, 7) is 2.61. The largest absolute Gasteiger partial charge is 0.493 e. The second kappa shape index (κ2) is 9.87. The van der Waals surface area contributed by atoms with Gasteiger partial charge in [-0.1, -0.05) is 0 Å². The summed E-state index contributed by atoms with van der Waals surface area (Å²) in [4.78, 5) is 52.1. The first-order chi connectivity index (χ1) is 14.4. The Morgan fingerprint density at radius 2 is 1.73 bits per heavy atom. The first-order valence-corrected chi connectivity index (χ1v) is 9.84. The van der Waals surface area contributed by atoms with Crippen molar-refractivity contribution in [2.24, 2.45) is 0 Å². The van der Waals surface area contributed by atoms with E-state index < -0.39 is 12.6 Å². The highest BCUT2D eigenvalue weighted by Gasteiger charge is 2.22. The van der Waals surface area contributed by atoms with Crippen LogP contribution in [0, 0.1) is 0 Å². The molecule has 1 aromatic heterocycles. The van der Waals surface area contributed by atoms with E-state index in [1.807, 2.05) is 0 Å². The summed E-state index contributed by atoms with van der Waals surface area (Å²) < 4.78 is 10.4. The number of nitrogens with one attached hydrogen (secondary N) is 1. The fourth-order valence-corrected chi connectivity index (χ4v) is 3.11. The highest BCUT2D eigenvalue weighted by atomic mass is 16.5. The van der Waals surface area contributed by atoms with Crippen LogP contribution in [0.3, 0.4) is 0 Å². The van der Waals surface area contributed by atoms with Crippen LogP contribution in [0.25, 0.3) is 0 Å². The number of amides is 1. The molecule has 0 bridgehead atoms. The van der Waals surface area contributed by atoms with Crippen LogP contribution in [0.5, 0.6) is 5.75 Å². The van der Waals surface area contributed by atoms with Crippen LogP contribution in [0.1, 0.15) is 57.4 Å². The first-order valence-electron chi connectivity index (χ1n) is 9.84. The number of benzene rings is 1. The number of hydrogen-bond acceptors (Lipinski definition) is 6. The van der Waals surface area contributed by atoms with Crippen molar-refractivity contribution < 1.29 is 28.7 Å². The van der Waals surface area contributed by atoms with Gasteiger partial charge >= 0.3 is 5.97 Å². The highest BCUT2D eigenvalue weighted by molar-refractivity contribution is 6.01. The smallest absolute Gasteiger partial charge is 0.309 e. The molecule has 158 valence electrons. The molecule has 0 aliphatic carbocycles. The molecule has 1 fully saturated rings. The number of rotatable bonds is 9. The van der Waals surface area contributed by atoms with E-state index in [-0.39, 0.29) is 30.5 Å². The molecule has 1 saturated heterocycles. The van der Waals surface area contributed by atoms with Crippen LogP contribution in [0.2, 0.25) is 0 Å². The number of hydrogen-bond donors (Lipinski definition) is 1. The molecule has 0 saturated carbocycles. The van der Waals surface area contributed by atoms with Gasteiger partial charge in [0.15, 0.2) is 12.4 Å². The van der Waals surface area contributed by atoms with Gasteiger partial charge in [-0.15, -0.1) is 0 Å². The lowest BCUT2D eigenvalue weighted by molar-refractivity contribution is -0.143. The van der Waals surface area contributed by atoms with E-state index in [0.29, 0.717) is 22.6 Å². The molecule has 1 amide bonds. The van der Waals surface area contributed by atoms with E-state index in [0.717, 1.165) is 25.9 Å². The Bertz CT molecular complexity index is 925. The Morgan fingerprint density at radius 1 is 1.03 bits per heavy atom. The van der Waals surface area contributed by atoms with Crippen molar-refractivity contribution in [1.82, 2.24) is 9.88 Å². The minimum absolute atomic E-state index is 0.0203. The predicted octanol–water partition coefficient (Wildman–Crippen LogP) is 2.65. The van der Waals surface area contributed by atoms with Gasteiger partial charge in [0.1, 0.15) is 11.4 Å². The lowest BCUT2D eigenvalue weighted by Crippen LogP contribution is -2.27. The SMILES string of the molecule is CC(=O)c1ccc(OCCC(=O)OCC(=O)c2c[nH]c(C(=O)N3CCCC3)c2)cc1. The first kappa shape index (κ1) is 21.3. The Balaban J connectivity index is 1.39. The van der Waals surface area contributed by atoms with Crippen LogP contribution < -0.4 is 4.74 Å². The van der Waals surface area contributed by atoms with Gasteiger partial charge in [-0.3, -0.25) is 19.2 Å². The quantitative estimate of drug-likeness (QED) is 0.501. The van der Waals surface area contributed by atoms with Gasteiger partial charge in [0.05, 0.1) is 13.0 Å². The number of aromatic amines is 1. The monoisotopic (exact) mass is 412 g/mol. The van der Waals surface area contributed by atoms with E-state index in [4.69, 9.17) is 9.47 Å². The predicted molar refractivity (Wildman–Crippen MR) is 108 cm³/mol. The van der Waals surface area contributed by atoms with Gasteiger partial charge in [-0.2, -0.15) is 0 Å². The molecular weight excluding hydrogens is 388 g/mol. The number of H-pyrrole nitrogens is 1. The topological polar surface area (TPSA) is 106 Å². The minimum atomic E-state index is -0.562. The van der Waals surface area contributed by atoms with Crippen LogP contribution in [0.4, 0.5) is 0 Å². The maximum atomic E-state index is 12.3. The molecule has 0 spiro atoms. The molecule has 0 atom stereocenters. The van der Waals surface area contributed by atoms with Crippen LogP contribution >= 0.6 is 0 Å². The Hall–Kier alpha value is -3.42. The van der Waals surface area contributed by atoms with Crippen LogP contribution in [-0.4, -0.2) is 59.6 Å². The zero-order chi connectivity index (χ0) is 21.5. The summed E-state index contributed by atoms with van der Waals surface area (Å²) in [5, 5.41) is 0. The summed E-state index contributed by atoms with van der Waals surface area (Å²) in [6.07, 6.45) is 3.41. The summed E-state index contributed by atoms with van der Waals surface area (Å²) in [6, 6.07) is 8.09. The number of ketones is 2. The molecule has 1 N–H and O–H groups in total. The van der Waals surface area contributed by atoms with E-state index in [2.05, 4.69) is 4.98 Å². The second-order valence-corrected chi connectivity index (χ2v) is 7.06. The van der Waals surface area contributed by atoms with Gasteiger partial charge in [0.2, 0.25) is 5.78 Å². The summed E-state index contributed by atoms with van der Waals surface area (Å²) in [7, 11) is 0. The Morgan fingerprint density at radius 3 is 2.40 bits per heavy atom. The third-order valence-electron chi connectivity index (χ3n) is 4.83. The average molecular weight is 412 g/mol. The zero-order valence-corrected chi connectivity index (χ0v) is 16.8. The normalized spacial score (nSPS) is 13.2. The number of Topliss-reactive ketones (excluding diaryl/α,β-unsaturated/α-hetero) is 2. The van der Waals surface area contributed by atoms with E-state index >= 15 is 0 Å². The van der Waals surface area contributed by atoms with Crippen LogP contribution in [-0.2, 0) is 9.53 Å². The van der Waals surface area contributed by atoms with Crippen molar-refractivity contribution in [2.45, 2.75) is 26.2 Å². The Labute approximate surface area is 174 Å². The number of carbonyl (C=O) groups is 4. The lowest BCUT2D eigenvalue weighted by Gasteiger charge is -2.13. The fourth-order valence-electron chi connectivity index (χ4n) is 3.11. The molecule has 2 heterocycles. The average Bonchev–Trinajstić information content (AvgIpc) is 3.44. The van der Waals surface area contributed by atoms with Gasteiger partial charge < -0.3 is 19.4 Å². The van der Waals surface area contributed by atoms with Gasteiger partial charge in [0, 0.05) is 30.4 Å². The van der Waals surface area contributed by atoms with Gasteiger partial charge in [-0.05, 0) is 50.1 Å². The number of ether oxygens (including phenoxy) is 2. The molecule has 0 unspecified atom stereocenters. The zero-order valence-electron chi connectivity index (χ0n) is 16.8. The van der Waals surface area contributed by atoms with Crippen LogP contribution in [0.15, 0.2) is 36.5 Å². The Kier molecular flexibility index (Phi) is 7.00. The summed E-state index contributed by atoms with van der Waals surface area (Å²) >= 11 is 0. The number of aromatic nitrogens is 1. The molecule has 3 rings (SSSR count). The standard InChI is InChI=1S/C22H24N2O6/c1-15(25)16-4-6-18(7-5-16)29-11-8-21(27)30-14-20(26)17-12-19(23-13-17)22(28)24-9-2-3-10-24/h4-7,12-13,23H,2-3,8-11,14H2,1H3. The van der Waals surface area contributed by atoms with E-state index in [9.17, 15) is 19.2 Å². The lowest BCUT2D eigenvalue weighted by atomic mass is 10.1. The maximum absolute atomic E-state index is 12.3. The molecule has 8 heteroatoms. The number of carbonyl (C=O) groups excluding carboxylic acids is 4. The highest BCUT2D eigenvalue weighted by Crippen LogP contribution is 2.14. The summed E-state index contributed by atoms with van der Waals surface area (Å²) in [5.74, 6) is -0.582. The van der Waals surface area contributed by atoms with E-state index in [1.165, 1.54) is 19.2 Å². The minimum Gasteiger partial charge on any atom is -0.493 e. The molecule has 1 aromatic carbocycles. The van der Waals surface area contributed by atoms with Crippen molar-refractivity contribution in [3.8, 4) is 5.75 Å². The molecule has 8 nitrogen and oxygen atoms in total. The van der Waals surface area contributed by atoms with Crippen molar-refractivity contribution >= 4 is 23.4 Å². The third-order valence-corrected chi connectivity index (χ3v) is 4.83. The molecule has 2 aromatic rings. The van der Waals surface area contributed by atoms with Crippen molar-refractivity contribution in [3.05, 3.63) is 53.3 Å². The second-order valence-electron chi connectivity index (χ2n) is 7.06. The molecule has 0 radical (unpaired) electrons. The number of nitrogens with zero attached hydrogens (tertiary/aromatic N) is 1. The van der Waals surface area contributed by atoms with Gasteiger partial charge in [-0.25, -0.2) is 0 Å². The van der Waals surface area contributed by atoms with Crippen molar-refractivity contribution in [1.29, 1.82) is 0 Å². The van der Waals surface area contributed by atoms with E-state index in [1.54, 1.807) is 29.2 Å². The summed E-state index contributed by atoms with van der Waals surface area (Å²) in [5.41, 5.74) is 1.23. The molecule has 1 aliphatic rings. The maximum Gasteiger partial charge on any atom is 0.309 e.